The second-order valence-corrected chi connectivity index (χ2v) is 12.5. The molecule has 0 bridgehead atoms. The highest BCUT2D eigenvalue weighted by Crippen LogP contribution is 2.47. The molecule has 0 aliphatic rings. The number of hydrogen-bond acceptors (Lipinski definition) is 2. The molecule has 0 aliphatic heterocycles. The van der Waals surface area contributed by atoms with Crippen LogP contribution < -0.4 is 0 Å². The van der Waals surface area contributed by atoms with Gasteiger partial charge in [0.05, 0.1) is 0 Å². The van der Waals surface area contributed by atoms with Gasteiger partial charge in [0.1, 0.15) is 0 Å². The van der Waals surface area contributed by atoms with Gasteiger partial charge in [-0.2, -0.15) is 0 Å². The lowest BCUT2D eigenvalue weighted by Gasteiger charge is -2.18. The highest BCUT2D eigenvalue weighted by molar-refractivity contribution is 7.27. The second kappa shape index (κ2) is 8.50. The third-order valence-electron chi connectivity index (χ3n) is 8.35. The molecule has 2 heterocycles. The highest BCUT2D eigenvalue weighted by atomic mass is 32.1. The van der Waals surface area contributed by atoms with Crippen molar-refractivity contribution < 1.29 is 0 Å². The summed E-state index contributed by atoms with van der Waals surface area (Å²) < 4.78 is 4.10. The Labute approximate surface area is 239 Å². The molecule has 0 aliphatic carbocycles. The molecule has 0 atom stereocenters. The van der Waals surface area contributed by atoms with E-state index in [9.17, 15) is 0 Å². The lowest BCUT2D eigenvalue weighted by Crippen LogP contribution is -1.91. The quantitative estimate of drug-likeness (QED) is 0.191. The van der Waals surface area contributed by atoms with Gasteiger partial charge in [-0.15, -0.1) is 22.7 Å². The average Bonchev–Trinajstić information content (AvgIpc) is 3.64. The van der Waals surface area contributed by atoms with E-state index in [0.29, 0.717) is 0 Å². The molecule has 0 amide bonds. The molecule has 0 N–H and O–H groups in total. The molecule has 2 aromatic heterocycles. The lowest BCUT2D eigenvalue weighted by atomic mass is 9.84. The molecule has 186 valence electrons. The van der Waals surface area contributed by atoms with Crippen molar-refractivity contribution in [3.8, 4) is 22.3 Å². The van der Waals surface area contributed by atoms with Crippen LogP contribution in [-0.4, -0.2) is 0 Å². The Morgan fingerprint density at radius 1 is 0.400 bits per heavy atom. The van der Waals surface area contributed by atoms with Crippen molar-refractivity contribution >= 4 is 85.2 Å². The summed E-state index contributed by atoms with van der Waals surface area (Å²) in [6.07, 6.45) is 0. The van der Waals surface area contributed by atoms with E-state index in [1.807, 2.05) is 22.7 Å². The van der Waals surface area contributed by atoms with Crippen molar-refractivity contribution in [2.45, 2.75) is 0 Å². The van der Waals surface area contributed by atoms with Crippen molar-refractivity contribution in [3.05, 3.63) is 133 Å². The third-order valence-corrected chi connectivity index (χ3v) is 10.4. The average molecular weight is 543 g/mol. The maximum atomic E-state index is 2.42. The van der Waals surface area contributed by atoms with Crippen molar-refractivity contribution in [1.29, 1.82) is 0 Å². The highest BCUT2D eigenvalue weighted by Gasteiger charge is 2.18. The summed E-state index contributed by atoms with van der Waals surface area (Å²) in [7, 11) is 0. The van der Waals surface area contributed by atoms with Crippen LogP contribution in [0, 0.1) is 0 Å². The molecule has 7 aromatic carbocycles. The molecule has 0 spiro atoms. The Morgan fingerprint density at radius 3 is 1.82 bits per heavy atom. The zero-order chi connectivity index (χ0) is 26.2. The molecule has 0 unspecified atom stereocenters. The van der Waals surface area contributed by atoms with Gasteiger partial charge in [0, 0.05) is 30.3 Å². The summed E-state index contributed by atoms with van der Waals surface area (Å²) in [4.78, 5) is 0. The minimum absolute atomic E-state index is 1.27. The molecule has 0 fully saturated rings. The Morgan fingerprint density at radius 2 is 1.05 bits per heavy atom. The van der Waals surface area contributed by atoms with E-state index in [1.54, 1.807) is 0 Å². The van der Waals surface area contributed by atoms with Crippen LogP contribution in [0.25, 0.3) is 84.8 Å². The maximum absolute atomic E-state index is 2.42. The zero-order valence-corrected chi connectivity index (χ0v) is 23.2. The van der Waals surface area contributed by atoms with Gasteiger partial charge in [-0.25, -0.2) is 0 Å². The molecular formula is C38H22S2. The predicted octanol–water partition coefficient (Wildman–Crippen LogP) is 12.1. The van der Waals surface area contributed by atoms with Gasteiger partial charge < -0.3 is 0 Å². The Kier molecular flexibility index (Phi) is 4.74. The topological polar surface area (TPSA) is 0 Å². The maximum Gasteiger partial charge on any atom is 0.0442 e. The first kappa shape index (κ1) is 22.3. The van der Waals surface area contributed by atoms with Crippen LogP contribution in [-0.2, 0) is 0 Å². The first-order valence-electron chi connectivity index (χ1n) is 13.6. The Hall–Kier alpha value is -4.50. The van der Waals surface area contributed by atoms with E-state index >= 15 is 0 Å². The molecular weight excluding hydrogens is 521 g/mol. The molecule has 0 nitrogen and oxygen atoms in total. The van der Waals surface area contributed by atoms with Crippen LogP contribution in [0.1, 0.15) is 0 Å². The standard InChI is InChI=1S/C38H22S2/c1-2-10-25-23(8-1)9-7-15-27(25)37-30-13-5-3-11-28(30)36(29-12-4-6-14-31(29)37)24-16-17-26-32-18-19-34-33(20-21-39-34)38(32)40-35(26)22-24/h1-22H. The normalized spacial score (nSPS) is 12.0. The van der Waals surface area contributed by atoms with Gasteiger partial charge >= 0.3 is 0 Å². The monoisotopic (exact) mass is 542 g/mol. The van der Waals surface area contributed by atoms with Gasteiger partial charge in [0.25, 0.3) is 0 Å². The smallest absolute Gasteiger partial charge is 0.0442 e. The lowest BCUT2D eigenvalue weighted by molar-refractivity contribution is 1.69. The fourth-order valence-electron chi connectivity index (χ4n) is 6.61. The van der Waals surface area contributed by atoms with Gasteiger partial charge in [-0.3, -0.25) is 0 Å². The predicted molar refractivity (Wildman–Crippen MR) is 178 cm³/mol. The zero-order valence-electron chi connectivity index (χ0n) is 21.5. The van der Waals surface area contributed by atoms with Crippen molar-refractivity contribution in [2.75, 3.05) is 0 Å². The van der Waals surface area contributed by atoms with Gasteiger partial charge in [0.2, 0.25) is 0 Å². The van der Waals surface area contributed by atoms with E-state index in [4.69, 9.17) is 0 Å². The fourth-order valence-corrected chi connectivity index (χ4v) is 8.74. The second-order valence-electron chi connectivity index (χ2n) is 10.5. The van der Waals surface area contributed by atoms with Gasteiger partial charge in [0.15, 0.2) is 0 Å². The molecule has 9 rings (SSSR count). The summed E-state index contributed by atoms with van der Waals surface area (Å²) in [5.41, 5.74) is 5.19. The molecule has 40 heavy (non-hydrogen) atoms. The minimum Gasteiger partial charge on any atom is -0.144 e. The number of benzene rings is 7. The van der Waals surface area contributed by atoms with Crippen LogP contribution in [0.4, 0.5) is 0 Å². The van der Waals surface area contributed by atoms with Crippen LogP contribution in [0.5, 0.6) is 0 Å². The number of thiophene rings is 2. The molecule has 9 aromatic rings. The van der Waals surface area contributed by atoms with Crippen molar-refractivity contribution in [3.63, 3.8) is 0 Å². The number of rotatable bonds is 2. The largest absolute Gasteiger partial charge is 0.144 e. The van der Waals surface area contributed by atoms with Crippen LogP contribution in [0.3, 0.4) is 0 Å². The number of hydrogen-bond donors (Lipinski definition) is 0. The van der Waals surface area contributed by atoms with Crippen LogP contribution >= 0.6 is 22.7 Å². The van der Waals surface area contributed by atoms with E-state index in [0.717, 1.165) is 0 Å². The molecule has 2 heteroatoms. The van der Waals surface area contributed by atoms with Gasteiger partial charge in [-0.1, -0.05) is 109 Å². The summed E-state index contributed by atoms with van der Waals surface area (Å²) in [5, 5.41) is 14.0. The summed E-state index contributed by atoms with van der Waals surface area (Å²) in [6.45, 7) is 0. The summed E-state index contributed by atoms with van der Waals surface area (Å²) in [6, 6.07) is 47.3. The minimum atomic E-state index is 1.27. The van der Waals surface area contributed by atoms with Crippen molar-refractivity contribution in [1.82, 2.24) is 0 Å². The number of fused-ring (bicyclic) bond motifs is 8. The van der Waals surface area contributed by atoms with E-state index in [2.05, 4.69) is 133 Å². The first-order valence-corrected chi connectivity index (χ1v) is 15.3. The SMILES string of the molecule is c1ccc2c(-c3c4ccccc4c(-c4ccc5c(c4)sc4c6ccsc6ccc54)c4ccccc34)cccc2c1. The summed E-state index contributed by atoms with van der Waals surface area (Å²) in [5.74, 6) is 0. The van der Waals surface area contributed by atoms with Crippen LogP contribution in [0.15, 0.2) is 133 Å². The molecule has 0 saturated heterocycles. The Balaban J connectivity index is 1.39. The van der Waals surface area contributed by atoms with E-state index < -0.39 is 0 Å². The van der Waals surface area contributed by atoms with E-state index in [-0.39, 0.29) is 0 Å². The van der Waals surface area contributed by atoms with Crippen molar-refractivity contribution in [2.24, 2.45) is 0 Å². The summed E-state index contributed by atoms with van der Waals surface area (Å²) >= 11 is 3.75. The third kappa shape index (κ3) is 3.12. The van der Waals surface area contributed by atoms with Gasteiger partial charge in [-0.05, 0) is 78.2 Å². The molecule has 0 radical (unpaired) electrons. The molecule has 0 saturated carbocycles. The van der Waals surface area contributed by atoms with E-state index in [1.165, 1.54) is 84.8 Å². The fraction of sp³-hybridized carbons (Fsp3) is 0. The van der Waals surface area contributed by atoms with Crippen LogP contribution in [0.2, 0.25) is 0 Å². The Bertz CT molecular complexity index is 2370. The first-order chi connectivity index (χ1) is 19.8.